The van der Waals surface area contributed by atoms with Gasteiger partial charge in [0.1, 0.15) is 11.5 Å². The van der Waals surface area contributed by atoms with Gasteiger partial charge in [0.25, 0.3) is 5.96 Å². The van der Waals surface area contributed by atoms with Crippen molar-refractivity contribution in [3.8, 4) is 0 Å². The number of halogens is 5. The Bertz CT molecular complexity index is 976. The molecule has 2 aromatic rings. The maximum Gasteiger partial charge on any atom is 0.416 e. The van der Waals surface area contributed by atoms with Crippen molar-refractivity contribution in [2.45, 2.75) is 56.5 Å². The van der Waals surface area contributed by atoms with Gasteiger partial charge in [0.15, 0.2) is 0 Å². The number of anilines is 1. The molecule has 0 radical (unpaired) electrons. The van der Waals surface area contributed by atoms with Gasteiger partial charge in [-0.1, -0.05) is 55.8 Å². The van der Waals surface area contributed by atoms with Crippen molar-refractivity contribution < 1.29 is 22.8 Å². The zero-order valence-corrected chi connectivity index (χ0v) is 20.3. The van der Waals surface area contributed by atoms with E-state index in [1.165, 1.54) is 18.0 Å². The molecule has 2 rings (SSSR count). The number of carbonyl (C=O) groups is 1. The van der Waals surface area contributed by atoms with E-state index in [2.05, 4.69) is 22.5 Å². The number of unbranched alkanes of at least 4 members (excludes halogenated alkanes) is 4. The molecule has 0 spiro atoms. The number of nitrogens with two attached hydrogens (primary N) is 1. The number of nitrogen functional groups attached to an aromatic ring is 1. The molecule has 1 heterocycles. The first-order valence-corrected chi connectivity index (χ1v) is 12.0. The van der Waals surface area contributed by atoms with E-state index in [4.69, 9.17) is 33.8 Å². The number of rotatable bonds is 8. The molecular weight excluding hydrogens is 502 g/mol. The van der Waals surface area contributed by atoms with Crippen LogP contribution in [0.2, 0.25) is 10.0 Å². The maximum absolute atomic E-state index is 13.0. The summed E-state index contributed by atoms with van der Waals surface area (Å²) in [7, 11) is 0. The lowest BCUT2D eigenvalue weighted by Gasteiger charge is -2.13. The Morgan fingerprint density at radius 3 is 2.42 bits per heavy atom. The van der Waals surface area contributed by atoms with Crippen LogP contribution in [0.1, 0.15) is 51.0 Å². The number of nitrogens with one attached hydrogen (secondary N) is 1. The zero-order chi connectivity index (χ0) is 24.6. The minimum atomic E-state index is -4.64. The monoisotopic (exact) mass is 525 g/mol. The molecule has 0 atom stereocenters. The fourth-order valence-corrected chi connectivity index (χ4v) is 3.77. The third kappa shape index (κ3) is 7.72. The third-order valence-electron chi connectivity index (χ3n) is 4.49. The average Bonchev–Trinajstić information content (AvgIpc) is 3.12. The first-order valence-electron chi connectivity index (χ1n) is 10.1. The van der Waals surface area contributed by atoms with E-state index in [-0.39, 0.29) is 33.9 Å². The predicted octanol–water partition coefficient (Wildman–Crippen LogP) is 6.46. The highest BCUT2D eigenvalue weighted by Gasteiger charge is 2.32. The lowest BCUT2D eigenvalue weighted by Crippen LogP contribution is -2.34. The number of carbonyl (C=O) groups excluding carboxylic acids is 1. The molecular formula is C20H24Cl2F3N5O2S. The van der Waals surface area contributed by atoms with Crippen LogP contribution in [0.5, 0.6) is 0 Å². The molecule has 7 nitrogen and oxygen atoms in total. The van der Waals surface area contributed by atoms with Gasteiger partial charge in [-0.25, -0.2) is 9.79 Å². The summed E-state index contributed by atoms with van der Waals surface area (Å²) >= 11 is 13.4. The minimum absolute atomic E-state index is 0.170. The molecule has 1 aromatic heterocycles. The van der Waals surface area contributed by atoms with E-state index >= 15 is 0 Å². The van der Waals surface area contributed by atoms with Crippen molar-refractivity contribution in [2.75, 3.05) is 12.0 Å². The molecule has 3 N–H and O–H groups in total. The Morgan fingerprint density at radius 2 is 1.88 bits per heavy atom. The number of aliphatic imine (C=N–C) groups is 1. The highest BCUT2D eigenvalue weighted by atomic mass is 35.5. The van der Waals surface area contributed by atoms with E-state index in [0.29, 0.717) is 23.4 Å². The summed E-state index contributed by atoms with van der Waals surface area (Å²) in [5.41, 5.74) is 7.25. The van der Waals surface area contributed by atoms with Crippen LogP contribution in [0.15, 0.2) is 28.2 Å². The molecule has 0 unspecified atom stereocenters. The Kier molecular flexibility index (Phi) is 10.2. The van der Waals surface area contributed by atoms with Crippen LogP contribution in [0.25, 0.3) is 0 Å². The molecule has 0 fully saturated rings. The summed E-state index contributed by atoms with van der Waals surface area (Å²) in [6.45, 7) is 2.09. The summed E-state index contributed by atoms with van der Waals surface area (Å²) in [6, 6.07) is 1.40. The van der Waals surface area contributed by atoms with Crippen LogP contribution < -0.4 is 11.2 Å². The summed E-state index contributed by atoms with van der Waals surface area (Å²) in [5, 5.41) is 3.38. The van der Waals surface area contributed by atoms with Gasteiger partial charge in [-0.3, -0.25) is 0 Å². The van der Waals surface area contributed by atoms with E-state index in [0.717, 1.165) is 30.4 Å². The first-order chi connectivity index (χ1) is 15.6. The van der Waals surface area contributed by atoms with Gasteiger partial charge in [-0.2, -0.15) is 28.4 Å². The number of nitrogens with zero attached hydrogens (tertiary/aromatic N) is 3. The fraction of sp³-hybridized carbons (Fsp3) is 0.450. The number of hydroxylamine groups is 1. The standard InChI is InChI=1S/C20H24Cl2F3N5O2S/c1-3-4-5-6-7-8-16(31)32-29-19(30-18(26)15(33-2)11-27-30)28-17-13(21)9-12(10-14(17)22)20(23,24)25/h9-11H,3-8,26H2,1-2H3,(H,28,29). The quantitative estimate of drug-likeness (QED) is 0.135. The van der Waals surface area contributed by atoms with Gasteiger partial charge < -0.3 is 10.6 Å². The van der Waals surface area contributed by atoms with Gasteiger partial charge in [0.2, 0.25) is 0 Å². The molecule has 1 aromatic carbocycles. The zero-order valence-electron chi connectivity index (χ0n) is 18.0. The van der Waals surface area contributed by atoms with Crippen molar-refractivity contribution in [1.82, 2.24) is 15.3 Å². The van der Waals surface area contributed by atoms with Crippen molar-refractivity contribution in [3.63, 3.8) is 0 Å². The lowest BCUT2D eigenvalue weighted by atomic mass is 10.1. The molecule has 182 valence electrons. The molecule has 0 aliphatic heterocycles. The van der Waals surface area contributed by atoms with E-state index in [9.17, 15) is 18.0 Å². The molecule has 0 saturated carbocycles. The largest absolute Gasteiger partial charge is 0.416 e. The van der Waals surface area contributed by atoms with E-state index < -0.39 is 17.7 Å². The second kappa shape index (κ2) is 12.4. The smallest absolute Gasteiger partial charge is 0.383 e. The number of alkyl halides is 3. The molecule has 0 bridgehead atoms. The lowest BCUT2D eigenvalue weighted by molar-refractivity contribution is -0.148. The second-order valence-electron chi connectivity index (χ2n) is 6.97. The summed E-state index contributed by atoms with van der Waals surface area (Å²) in [4.78, 5) is 22.0. The second-order valence-corrected chi connectivity index (χ2v) is 8.63. The SMILES string of the molecule is CCCCCCCC(=O)ONC(=Nc1c(Cl)cc(C(F)(F)F)cc1Cl)n1ncc(SC)c1N. The number of hydrogen-bond acceptors (Lipinski definition) is 6. The van der Waals surface area contributed by atoms with Crippen molar-refractivity contribution in [3.05, 3.63) is 33.9 Å². The van der Waals surface area contributed by atoms with Crippen molar-refractivity contribution in [1.29, 1.82) is 0 Å². The van der Waals surface area contributed by atoms with Crippen molar-refractivity contribution >= 4 is 58.4 Å². The van der Waals surface area contributed by atoms with Gasteiger partial charge in [-0.05, 0) is 24.8 Å². The normalized spacial score (nSPS) is 12.2. The van der Waals surface area contributed by atoms with E-state index in [1.54, 1.807) is 6.26 Å². The fourth-order valence-electron chi connectivity index (χ4n) is 2.75. The molecule has 0 aliphatic rings. The molecule has 0 amide bonds. The Hall–Kier alpha value is -2.11. The van der Waals surface area contributed by atoms with Crippen molar-refractivity contribution in [2.24, 2.45) is 4.99 Å². The molecule has 33 heavy (non-hydrogen) atoms. The Balaban J connectivity index is 2.30. The predicted molar refractivity (Wildman–Crippen MR) is 125 cm³/mol. The highest BCUT2D eigenvalue weighted by molar-refractivity contribution is 7.98. The summed E-state index contributed by atoms with van der Waals surface area (Å²) in [5.74, 6) is -0.571. The molecule has 0 saturated heterocycles. The van der Waals surface area contributed by atoms with Crippen LogP contribution >= 0.6 is 35.0 Å². The number of benzene rings is 1. The third-order valence-corrected chi connectivity index (χ3v) is 5.82. The Labute approximate surface area is 203 Å². The van der Waals surface area contributed by atoms with Gasteiger partial charge in [0, 0.05) is 6.42 Å². The maximum atomic E-state index is 13.0. The van der Waals surface area contributed by atoms with Gasteiger partial charge in [0.05, 0.1) is 26.7 Å². The molecule has 13 heteroatoms. The van der Waals surface area contributed by atoms with Crippen LogP contribution in [0.4, 0.5) is 24.7 Å². The van der Waals surface area contributed by atoms with Crippen LogP contribution in [-0.4, -0.2) is 28.0 Å². The van der Waals surface area contributed by atoms with Crippen LogP contribution in [0, 0.1) is 0 Å². The first kappa shape index (κ1) is 27.1. The van der Waals surface area contributed by atoms with Gasteiger partial charge in [-0.15, -0.1) is 11.8 Å². The summed E-state index contributed by atoms with van der Waals surface area (Å²) < 4.78 is 40.2. The number of aromatic nitrogens is 2. The van der Waals surface area contributed by atoms with Crippen LogP contribution in [0.3, 0.4) is 0 Å². The van der Waals surface area contributed by atoms with Gasteiger partial charge >= 0.3 is 12.1 Å². The number of hydrogen-bond donors (Lipinski definition) is 2. The Morgan fingerprint density at radius 1 is 1.24 bits per heavy atom. The number of thioether (sulfide) groups is 1. The highest BCUT2D eigenvalue weighted by Crippen LogP contribution is 2.40. The minimum Gasteiger partial charge on any atom is -0.383 e. The summed E-state index contributed by atoms with van der Waals surface area (Å²) in [6.07, 6.45) is 3.54. The average molecular weight is 526 g/mol. The van der Waals surface area contributed by atoms with Crippen LogP contribution in [-0.2, 0) is 15.8 Å². The topological polar surface area (TPSA) is 94.5 Å². The molecule has 0 aliphatic carbocycles. The van der Waals surface area contributed by atoms with E-state index in [1.807, 2.05) is 0 Å².